The molecule has 150 valence electrons. The molecule has 0 atom stereocenters. The molecule has 0 aliphatic rings. The Morgan fingerprint density at radius 1 is 1.19 bits per heavy atom. The Kier molecular flexibility index (Phi) is 8.97. The molecule has 0 unspecified atom stereocenters. The van der Waals surface area contributed by atoms with Gasteiger partial charge in [0.1, 0.15) is 18.1 Å². The third-order valence-corrected chi connectivity index (χ3v) is 5.77. The zero-order valence-electron chi connectivity index (χ0n) is 14.3. The maximum atomic E-state index is 12.3. The van der Waals surface area contributed by atoms with Crippen LogP contribution in [0.4, 0.5) is 0 Å². The summed E-state index contributed by atoms with van der Waals surface area (Å²) in [6, 6.07) is 7.75. The van der Waals surface area contributed by atoms with Crippen molar-refractivity contribution in [3.05, 3.63) is 40.2 Å². The number of hydrogen-bond acceptors (Lipinski definition) is 7. The Morgan fingerprint density at radius 2 is 1.89 bits per heavy atom. The van der Waals surface area contributed by atoms with Gasteiger partial charge in [-0.1, -0.05) is 11.6 Å². The zero-order valence-corrected chi connectivity index (χ0v) is 17.5. The van der Waals surface area contributed by atoms with Gasteiger partial charge < -0.3 is 25.2 Å². The Morgan fingerprint density at radius 3 is 2.52 bits per heavy atom. The van der Waals surface area contributed by atoms with E-state index in [1.54, 1.807) is 19.1 Å². The zero-order chi connectivity index (χ0) is 19.2. The van der Waals surface area contributed by atoms with Crippen LogP contribution in [0.25, 0.3) is 0 Å². The first-order valence-electron chi connectivity index (χ1n) is 7.41. The summed E-state index contributed by atoms with van der Waals surface area (Å²) in [5, 5.41) is 3.39. The number of nitrogens with zero attached hydrogens (tertiary/aromatic N) is 1. The number of rotatable bonds is 9. The molecule has 0 radical (unpaired) electrons. The third kappa shape index (κ3) is 7.71. The molecular weight excluding hydrogens is 437 g/mol. The molecule has 0 aliphatic heterocycles. The van der Waals surface area contributed by atoms with Crippen LogP contribution in [-0.4, -0.2) is 27.6 Å². The highest BCUT2D eigenvalue weighted by Gasteiger charge is 2.19. The number of halogens is 2. The number of nitrogens with two attached hydrogens (primary N) is 2. The average Bonchev–Trinajstić information content (AvgIpc) is 2.97. The van der Waals surface area contributed by atoms with Crippen molar-refractivity contribution in [3.8, 4) is 11.5 Å². The molecule has 27 heavy (non-hydrogen) atoms. The van der Waals surface area contributed by atoms with Crippen LogP contribution < -0.4 is 20.4 Å². The first-order valence-corrected chi connectivity index (χ1v) is 10.0. The largest absolute Gasteiger partial charge is 0.493 e. The molecule has 1 heterocycles. The molecule has 0 spiro atoms. The molecule has 1 aromatic heterocycles. The van der Waals surface area contributed by atoms with Crippen molar-refractivity contribution >= 4 is 51.4 Å². The minimum Gasteiger partial charge on any atom is -0.493 e. The third-order valence-electron chi connectivity index (χ3n) is 2.84. The molecule has 0 aliphatic carbocycles. The molecule has 0 amide bonds. The van der Waals surface area contributed by atoms with E-state index < -0.39 is 10.1 Å². The fourth-order valence-corrected chi connectivity index (χ4v) is 4.24. The Hall–Kier alpha value is -1.88. The van der Waals surface area contributed by atoms with Crippen LogP contribution in [0.3, 0.4) is 0 Å². The average molecular weight is 456 g/mol. The van der Waals surface area contributed by atoms with Gasteiger partial charge in [-0.25, -0.2) is 0 Å². The molecule has 1 aromatic carbocycles. The predicted octanol–water partition coefficient (Wildman–Crippen LogP) is 2.87. The Bertz CT molecular complexity index is 883. The van der Waals surface area contributed by atoms with E-state index in [0.29, 0.717) is 23.1 Å². The quantitative estimate of drug-likeness (QED) is 0.195. The second-order valence-corrected chi connectivity index (χ2v) is 8.62. The van der Waals surface area contributed by atoms with Crippen LogP contribution in [0.1, 0.15) is 12.0 Å². The summed E-state index contributed by atoms with van der Waals surface area (Å²) in [6.45, 7) is 2.41. The summed E-state index contributed by atoms with van der Waals surface area (Å²) in [4.78, 5) is 4.84. The smallest absolute Gasteiger partial charge is 0.348 e. The normalized spacial score (nSPS) is 10.6. The summed E-state index contributed by atoms with van der Waals surface area (Å²) in [5.41, 5.74) is 11.0. The van der Waals surface area contributed by atoms with Crippen LogP contribution >= 0.6 is 35.3 Å². The first-order chi connectivity index (χ1) is 12.3. The van der Waals surface area contributed by atoms with Gasteiger partial charge in [0.2, 0.25) is 5.96 Å². The minimum atomic E-state index is -3.95. The van der Waals surface area contributed by atoms with Crippen LogP contribution in [-0.2, 0) is 15.0 Å². The van der Waals surface area contributed by atoms with Gasteiger partial charge in [0.05, 0.1) is 10.9 Å². The molecule has 0 bridgehead atoms. The van der Waals surface area contributed by atoms with Crippen molar-refractivity contribution in [2.45, 2.75) is 17.6 Å². The van der Waals surface area contributed by atoms with Crippen LogP contribution in [0.2, 0.25) is 4.34 Å². The molecule has 2 aromatic rings. The number of aryl methyl sites for hydroxylation is 1. The molecule has 0 saturated carbocycles. The van der Waals surface area contributed by atoms with E-state index in [1.165, 1.54) is 18.2 Å². The van der Waals surface area contributed by atoms with Crippen molar-refractivity contribution < 1.29 is 22.2 Å². The van der Waals surface area contributed by atoms with E-state index >= 15 is 0 Å². The topological polar surface area (TPSA) is 126 Å². The number of thiophene rings is 1. The number of oxime groups is 1. The molecule has 0 saturated heterocycles. The van der Waals surface area contributed by atoms with E-state index in [1.807, 2.05) is 0 Å². The van der Waals surface area contributed by atoms with E-state index in [2.05, 4.69) is 5.16 Å². The highest BCUT2D eigenvalue weighted by Crippen LogP contribution is 2.30. The monoisotopic (exact) mass is 455 g/mol. The van der Waals surface area contributed by atoms with Gasteiger partial charge in [0, 0.05) is 12.5 Å². The van der Waals surface area contributed by atoms with Crippen molar-refractivity contribution in [2.24, 2.45) is 16.6 Å². The van der Waals surface area contributed by atoms with Crippen LogP contribution in [0.15, 0.2) is 39.7 Å². The number of hydrogen-bond donors (Lipinski definition) is 2. The maximum Gasteiger partial charge on any atom is 0.348 e. The van der Waals surface area contributed by atoms with Crippen LogP contribution in [0.5, 0.6) is 11.5 Å². The molecule has 0 fully saturated rings. The lowest BCUT2D eigenvalue weighted by molar-refractivity contribution is 0.127. The van der Waals surface area contributed by atoms with Crippen LogP contribution in [0, 0.1) is 6.92 Å². The number of guanidine groups is 1. The second-order valence-electron chi connectivity index (χ2n) is 5.13. The summed E-state index contributed by atoms with van der Waals surface area (Å²) < 4.78 is 35.7. The van der Waals surface area contributed by atoms with Gasteiger partial charge >= 0.3 is 10.1 Å². The van der Waals surface area contributed by atoms with E-state index in [0.717, 1.165) is 16.9 Å². The van der Waals surface area contributed by atoms with Crippen molar-refractivity contribution in [2.75, 3.05) is 13.2 Å². The van der Waals surface area contributed by atoms with Gasteiger partial charge in [-0.15, -0.1) is 23.7 Å². The lowest BCUT2D eigenvalue weighted by atomic mass is 10.2. The molecule has 2 rings (SSSR count). The SMILES string of the molecule is Cc1cc(OCCCON=C(N)N)cc(OS(=O)(=O)c2ccc(Cl)s2)c1.Cl. The number of ether oxygens (including phenoxy) is 1. The predicted molar refractivity (Wildman–Crippen MR) is 107 cm³/mol. The summed E-state index contributed by atoms with van der Waals surface area (Å²) in [5.74, 6) is 0.474. The van der Waals surface area contributed by atoms with Gasteiger partial charge in [-0.3, -0.25) is 0 Å². The van der Waals surface area contributed by atoms with Crippen molar-refractivity contribution in [3.63, 3.8) is 0 Å². The van der Waals surface area contributed by atoms with Crippen molar-refractivity contribution in [1.29, 1.82) is 0 Å². The molecule has 12 heteroatoms. The summed E-state index contributed by atoms with van der Waals surface area (Å²) in [7, 11) is -3.95. The van der Waals surface area contributed by atoms with Gasteiger partial charge in [-0.2, -0.15) is 8.42 Å². The molecular formula is C15H19Cl2N3O5S2. The highest BCUT2D eigenvalue weighted by molar-refractivity contribution is 7.89. The lowest BCUT2D eigenvalue weighted by Crippen LogP contribution is -2.23. The van der Waals surface area contributed by atoms with Crippen molar-refractivity contribution in [1.82, 2.24) is 0 Å². The fraction of sp³-hybridized carbons (Fsp3) is 0.267. The maximum absolute atomic E-state index is 12.3. The minimum absolute atomic E-state index is 0. The van der Waals surface area contributed by atoms with Gasteiger partial charge in [-0.05, 0) is 41.9 Å². The number of benzene rings is 1. The standard InChI is InChI=1S/C15H18ClN3O5S2.ClH/c1-10-7-11(22-5-2-6-23-19-15(17)18)9-12(8-10)24-26(20,21)14-4-3-13(16)25-14;/h3-4,7-9H,2,5-6H2,1H3,(H4,17,18,19);1H. The fourth-order valence-electron chi connectivity index (χ4n) is 1.88. The summed E-state index contributed by atoms with van der Waals surface area (Å²) >= 11 is 6.70. The van der Waals surface area contributed by atoms with E-state index in [-0.39, 0.29) is 34.9 Å². The first kappa shape index (κ1) is 23.2. The van der Waals surface area contributed by atoms with E-state index in [4.69, 9.17) is 36.8 Å². The van der Waals surface area contributed by atoms with Gasteiger partial charge in [0.25, 0.3) is 0 Å². The summed E-state index contributed by atoms with van der Waals surface area (Å²) in [6.07, 6.45) is 0.535. The Balaban J connectivity index is 0.00000364. The lowest BCUT2D eigenvalue weighted by Gasteiger charge is -2.10. The second kappa shape index (κ2) is 10.5. The van der Waals surface area contributed by atoms with Gasteiger partial charge in [0.15, 0.2) is 4.21 Å². The molecule has 8 nitrogen and oxygen atoms in total. The molecule has 4 N–H and O–H groups in total. The Labute approximate surface area is 172 Å². The highest BCUT2D eigenvalue weighted by atomic mass is 35.5. The van der Waals surface area contributed by atoms with E-state index in [9.17, 15) is 8.42 Å².